The second-order valence-electron chi connectivity index (χ2n) is 19.5. The molecule has 2 aliphatic carbocycles. The van der Waals surface area contributed by atoms with Crippen LogP contribution in [-0.2, 0) is 10.8 Å². The summed E-state index contributed by atoms with van der Waals surface area (Å²) in [5.74, 6) is 0. The predicted octanol–water partition coefficient (Wildman–Crippen LogP) is 18.2. The van der Waals surface area contributed by atoms with Crippen molar-refractivity contribution in [3.8, 4) is 44.5 Å². The molecular weight excluding hydrogens is 847 g/mol. The van der Waals surface area contributed by atoms with Crippen LogP contribution >= 0.6 is 0 Å². The van der Waals surface area contributed by atoms with Crippen LogP contribution in [-0.4, -0.2) is 0 Å². The lowest BCUT2D eigenvalue weighted by Gasteiger charge is -2.35. The Kier molecular flexibility index (Phi) is 8.88. The van der Waals surface area contributed by atoms with Gasteiger partial charge in [-0.2, -0.15) is 0 Å². The minimum Gasteiger partial charge on any atom is -0.455 e. The number of furan rings is 1. The zero-order chi connectivity index (χ0) is 46.6. The van der Waals surface area contributed by atoms with Crippen LogP contribution in [0.15, 0.2) is 253 Å². The second-order valence-corrected chi connectivity index (χ2v) is 19.5. The van der Waals surface area contributed by atoms with Crippen molar-refractivity contribution in [3.05, 3.63) is 282 Å². The minimum atomic E-state index is -0.550. The van der Waals surface area contributed by atoms with Gasteiger partial charge in [0.15, 0.2) is 0 Å². The molecule has 70 heavy (non-hydrogen) atoms. The van der Waals surface area contributed by atoms with Gasteiger partial charge in [-0.25, -0.2) is 0 Å². The van der Waals surface area contributed by atoms with Gasteiger partial charge >= 0.3 is 0 Å². The minimum absolute atomic E-state index is 0.129. The first kappa shape index (κ1) is 40.4. The number of fused-ring (bicyclic) bond motifs is 10. The van der Waals surface area contributed by atoms with Crippen LogP contribution < -0.4 is 4.90 Å². The van der Waals surface area contributed by atoms with E-state index in [2.05, 4.69) is 267 Å². The molecular formula is C68H47NO. The second kappa shape index (κ2) is 15.4. The van der Waals surface area contributed by atoms with Gasteiger partial charge in [-0.15, -0.1) is 0 Å². The molecule has 330 valence electrons. The molecule has 0 saturated heterocycles. The van der Waals surface area contributed by atoms with Gasteiger partial charge in [0.2, 0.25) is 0 Å². The highest BCUT2D eigenvalue weighted by atomic mass is 16.3. The molecule has 0 saturated carbocycles. The summed E-state index contributed by atoms with van der Waals surface area (Å²) in [6, 6.07) is 91.6. The maximum absolute atomic E-state index is 7.30. The summed E-state index contributed by atoms with van der Waals surface area (Å²) in [7, 11) is 0. The molecule has 11 aromatic carbocycles. The van der Waals surface area contributed by atoms with Gasteiger partial charge in [-0.3, -0.25) is 0 Å². The number of benzene rings is 11. The Labute approximate surface area is 408 Å². The van der Waals surface area contributed by atoms with E-state index in [4.69, 9.17) is 4.42 Å². The quantitative estimate of drug-likeness (QED) is 0.158. The Balaban J connectivity index is 1.01. The van der Waals surface area contributed by atoms with E-state index in [1.165, 1.54) is 72.0 Å². The van der Waals surface area contributed by atoms with Crippen LogP contribution in [0.3, 0.4) is 0 Å². The number of anilines is 3. The molecule has 0 aliphatic heterocycles. The molecule has 2 aliphatic rings. The first-order valence-corrected chi connectivity index (χ1v) is 24.4. The number of hydrogen-bond donors (Lipinski definition) is 0. The van der Waals surface area contributed by atoms with Gasteiger partial charge in [0.25, 0.3) is 0 Å². The number of rotatable bonds is 7. The smallest absolute Gasteiger partial charge is 0.143 e. The molecule has 0 fully saturated rings. The summed E-state index contributed by atoms with van der Waals surface area (Å²) >= 11 is 0. The zero-order valence-electron chi connectivity index (χ0n) is 39.0. The molecule has 0 amide bonds. The van der Waals surface area contributed by atoms with Crippen molar-refractivity contribution in [1.82, 2.24) is 0 Å². The van der Waals surface area contributed by atoms with Crippen molar-refractivity contribution in [2.45, 2.75) is 24.7 Å². The third-order valence-electron chi connectivity index (χ3n) is 15.5. The first-order valence-electron chi connectivity index (χ1n) is 24.4. The van der Waals surface area contributed by atoms with E-state index < -0.39 is 5.41 Å². The van der Waals surface area contributed by atoms with Gasteiger partial charge < -0.3 is 9.32 Å². The van der Waals surface area contributed by atoms with Gasteiger partial charge in [-0.05, 0) is 120 Å². The van der Waals surface area contributed by atoms with E-state index in [9.17, 15) is 0 Å². The molecule has 0 atom stereocenters. The van der Waals surface area contributed by atoms with Crippen LogP contribution in [0, 0.1) is 0 Å². The van der Waals surface area contributed by atoms with E-state index in [1.807, 2.05) is 0 Å². The average molecular weight is 894 g/mol. The van der Waals surface area contributed by atoms with E-state index in [-0.39, 0.29) is 5.41 Å². The fourth-order valence-corrected chi connectivity index (χ4v) is 12.4. The SMILES string of the molecule is CC1(C)c2ccccc2-c2ccc(-c3c4ccccc4cc4c3oc3cc(N(c5ccc6c(c5)C(c5ccccc5)(c5ccccc5)c5ccccc5-6)c5ccccc5-c5ccccc5)ccc34)cc21. The molecule has 0 N–H and O–H groups in total. The highest BCUT2D eigenvalue weighted by molar-refractivity contribution is 6.19. The van der Waals surface area contributed by atoms with Crippen molar-refractivity contribution < 1.29 is 4.42 Å². The summed E-state index contributed by atoms with van der Waals surface area (Å²) in [5, 5.41) is 4.57. The van der Waals surface area contributed by atoms with Crippen LogP contribution in [0.2, 0.25) is 0 Å². The lowest BCUT2D eigenvalue weighted by Crippen LogP contribution is -2.28. The third-order valence-corrected chi connectivity index (χ3v) is 15.5. The standard InChI is InChI=1S/C68H47NO/c1-67(2)59-31-17-14-29-53(59)55-37-34-46(41-61(55)67)65-52-28-13-12-22-45(52)40-58-57-39-36-50(43-64(57)70-66(58)65)69(63-33-19-16-27-51(63)44-20-6-3-7-21-44)49-35-38-56-54-30-15-18-32-60(54)68(62(56)42-49,47-23-8-4-9-24-47)48-25-10-5-11-26-48/h3-43H,1-2H3. The maximum Gasteiger partial charge on any atom is 0.143 e. The summed E-state index contributed by atoms with van der Waals surface area (Å²) in [6.45, 7) is 4.71. The van der Waals surface area contributed by atoms with E-state index in [1.54, 1.807) is 0 Å². The van der Waals surface area contributed by atoms with Crippen LogP contribution in [0.1, 0.15) is 47.2 Å². The van der Waals surface area contributed by atoms with Gasteiger partial charge in [0.05, 0.1) is 11.1 Å². The summed E-state index contributed by atoms with van der Waals surface area (Å²) in [6.07, 6.45) is 0. The van der Waals surface area contributed by atoms with Crippen molar-refractivity contribution >= 4 is 49.8 Å². The zero-order valence-corrected chi connectivity index (χ0v) is 39.0. The molecule has 14 rings (SSSR count). The van der Waals surface area contributed by atoms with E-state index in [0.29, 0.717) is 0 Å². The monoisotopic (exact) mass is 893 g/mol. The van der Waals surface area contributed by atoms with Crippen molar-refractivity contribution in [2.24, 2.45) is 0 Å². The summed E-state index contributed by atoms with van der Waals surface area (Å²) < 4.78 is 7.30. The number of hydrogen-bond acceptors (Lipinski definition) is 2. The molecule has 2 nitrogen and oxygen atoms in total. The van der Waals surface area contributed by atoms with Crippen molar-refractivity contribution in [2.75, 3.05) is 4.90 Å². The molecule has 0 bridgehead atoms. The highest BCUT2D eigenvalue weighted by Gasteiger charge is 2.46. The Bertz CT molecular complexity index is 3990. The lowest BCUT2D eigenvalue weighted by atomic mass is 9.67. The van der Waals surface area contributed by atoms with Crippen LogP contribution in [0.5, 0.6) is 0 Å². The fourth-order valence-electron chi connectivity index (χ4n) is 12.4. The molecule has 0 radical (unpaired) electrons. The Hall–Kier alpha value is -8.72. The topological polar surface area (TPSA) is 16.4 Å². The van der Waals surface area contributed by atoms with Gasteiger partial charge in [0.1, 0.15) is 11.2 Å². The lowest BCUT2D eigenvalue weighted by molar-refractivity contribution is 0.660. The van der Waals surface area contributed by atoms with Crippen LogP contribution in [0.4, 0.5) is 17.1 Å². The van der Waals surface area contributed by atoms with Gasteiger partial charge in [0, 0.05) is 44.8 Å². The fraction of sp³-hybridized carbons (Fsp3) is 0.0588. The Morgan fingerprint density at radius 1 is 0.357 bits per heavy atom. The Morgan fingerprint density at radius 2 is 0.914 bits per heavy atom. The largest absolute Gasteiger partial charge is 0.455 e. The summed E-state index contributed by atoms with van der Waals surface area (Å²) in [4.78, 5) is 2.44. The van der Waals surface area contributed by atoms with Crippen molar-refractivity contribution in [1.29, 1.82) is 0 Å². The molecule has 0 spiro atoms. The Morgan fingerprint density at radius 3 is 1.67 bits per heavy atom. The number of nitrogens with zero attached hydrogens (tertiary/aromatic N) is 1. The maximum atomic E-state index is 7.30. The molecule has 1 aromatic heterocycles. The average Bonchev–Trinajstić information content (AvgIpc) is 4.01. The highest BCUT2D eigenvalue weighted by Crippen LogP contribution is 2.58. The van der Waals surface area contributed by atoms with Crippen molar-refractivity contribution in [3.63, 3.8) is 0 Å². The molecule has 12 aromatic rings. The molecule has 2 heteroatoms. The number of para-hydroxylation sites is 1. The molecule has 1 heterocycles. The van der Waals surface area contributed by atoms with E-state index >= 15 is 0 Å². The van der Waals surface area contributed by atoms with E-state index in [0.717, 1.165) is 55.7 Å². The first-order chi connectivity index (χ1) is 34.5. The summed E-state index contributed by atoms with van der Waals surface area (Å²) in [5.41, 5.74) is 21.7. The third kappa shape index (κ3) is 5.80. The van der Waals surface area contributed by atoms with Crippen LogP contribution in [0.25, 0.3) is 77.2 Å². The van der Waals surface area contributed by atoms with Gasteiger partial charge in [-0.1, -0.05) is 214 Å². The predicted molar refractivity (Wildman–Crippen MR) is 292 cm³/mol. The molecule has 0 unspecified atom stereocenters. The normalized spacial score (nSPS) is 13.8.